The number of hydrogen-bond acceptors (Lipinski definition) is 2. The Morgan fingerprint density at radius 3 is 2.11 bits per heavy atom. The molecule has 0 bridgehead atoms. The summed E-state index contributed by atoms with van der Waals surface area (Å²) in [6.45, 7) is 0. The molecule has 2 aromatic rings. The Hall–Kier alpha value is -2.09. The fourth-order valence-corrected chi connectivity index (χ4v) is 1.86. The molecule has 0 aliphatic heterocycles. The first kappa shape index (κ1) is 11.0. The summed E-state index contributed by atoms with van der Waals surface area (Å²) in [4.78, 5) is 11.5. The van der Waals surface area contributed by atoms with E-state index in [0.29, 0.717) is 5.75 Å². The number of ether oxygens (including phenoxy) is 1. The van der Waals surface area contributed by atoms with E-state index >= 15 is 0 Å². The highest BCUT2D eigenvalue weighted by Gasteiger charge is 2.31. The molecule has 0 saturated heterocycles. The first-order valence-electron chi connectivity index (χ1n) is 6.20. The molecule has 0 heterocycles. The molecule has 0 radical (unpaired) electrons. The van der Waals surface area contributed by atoms with Crippen LogP contribution in [0.2, 0.25) is 0 Å². The maximum atomic E-state index is 11.5. The molecule has 0 spiro atoms. The van der Waals surface area contributed by atoms with Gasteiger partial charge in [0, 0.05) is 0 Å². The molecular formula is C16H14O2. The molecule has 1 aliphatic rings. The zero-order chi connectivity index (χ0) is 12.4. The molecule has 0 unspecified atom stereocenters. The van der Waals surface area contributed by atoms with Crippen LogP contribution in [-0.4, -0.2) is 5.97 Å². The summed E-state index contributed by atoms with van der Waals surface area (Å²) >= 11 is 0. The van der Waals surface area contributed by atoms with Crippen molar-refractivity contribution in [2.45, 2.75) is 12.8 Å². The predicted molar refractivity (Wildman–Crippen MR) is 70.2 cm³/mol. The van der Waals surface area contributed by atoms with E-state index in [4.69, 9.17) is 4.74 Å². The van der Waals surface area contributed by atoms with Gasteiger partial charge in [-0.3, -0.25) is 4.79 Å². The topological polar surface area (TPSA) is 26.3 Å². The lowest BCUT2D eigenvalue weighted by atomic mass is 10.1. The van der Waals surface area contributed by atoms with E-state index in [1.165, 1.54) is 0 Å². The molecular weight excluding hydrogens is 224 g/mol. The number of benzene rings is 2. The van der Waals surface area contributed by atoms with Crippen LogP contribution in [0.15, 0.2) is 54.6 Å². The van der Waals surface area contributed by atoms with Crippen LogP contribution >= 0.6 is 0 Å². The number of esters is 1. The molecule has 2 heteroatoms. The van der Waals surface area contributed by atoms with Gasteiger partial charge in [-0.2, -0.15) is 0 Å². The molecule has 1 fully saturated rings. The summed E-state index contributed by atoms with van der Waals surface area (Å²) in [6.07, 6.45) is 1.95. The molecule has 0 atom stereocenters. The van der Waals surface area contributed by atoms with Crippen molar-refractivity contribution < 1.29 is 9.53 Å². The van der Waals surface area contributed by atoms with Crippen LogP contribution in [0.1, 0.15) is 12.8 Å². The van der Waals surface area contributed by atoms with Crippen LogP contribution in [0, 0.1) is 5.92 Å². The highest BCUT2D eigenvalue weighted by Crippen LogP contribution is 2.31. The van der Waals surface area contributed by atoms with Crippen molar-refractivity contribution in [3.05, 3.63) is 54.6 Å². The summed E-state index contributed by atoms with van der Waals surface area (Å²) in [7, 11) is 0. The Morgan fingerprint density at radius 1 is 0.889 bits per heavy atom. The molecule has 90 valence electrons. The first-order valence-corrected chi connectivity index (χ1v) is 6.20. The molecule has 0 N–H and O–H groups in total. The van der Waals surface area contributed by atoms with Gasteiger partial charge < -0.3 is 4.74 Å². The fourth-order valence-electron chi connectivity index (χ4n) is 1.86. The lowest BCUT2D eigenvalue weighted by Gasteiger charge is -2.05. The number of carbonyl (C=O) groups is 1. The number of carbonyl (C=O) groups excluding carboxylic acids is 1. The van der Waals surface area contributed by atoms with Gasteiger partial charge >= 0.3 is 5.97 Å². The Bertz CT molecular complexity index is 539. The molecule has 3 rings (SSSR count). The zero-order valence-electron chi connectivity index (χ0n) is 10.0. The minimum absolute atomic E-state index is 0.0949. The van der Waals surface area contributed by atoms with Gasteiger partial charge in [-0.05, 0) is 36.1 Å². The van der Waals surface area contributed by atoms with Crippen molar-refractivity contribution >= 4 is 5.97 Å². The molecule has 1 saturated carbocycles. The minimum atomic E-state index is -0.0949. The van der Waals surface area contributed by atoms with Crippen LogP contribution in [0.3, 0.4) is 0 Å². The maximum Gasteiger partial charge on any atom is 0.314 e. The second kappa shape index (κ2) is 4.65. The third-order valence-electron chi connectivity index (χ3n) is 3.09. The first-order chi connectivity index (χ1) is 8.83. The normalized spacial score (nSPS) is 14.2. The van der Waals surface area contributed by atoms with E-state index < -0.39 is 0 Å². The highest BCUT2D eigenvalue weighted by atomic mass is 16.5. The largest absolute Gasteiger partial charge is 0.426 e. The molecule has 18 heavy (non-hydrogen) atoms. The lowest BCUT2D eigenvalue weighted by molar-refractivity contribution is -0.135. The quantitative estimate of drug-likeness (QED) is 0.602. The van der Waals surface area contributed by atoms with Crippen LogP contribution in [-0.2, 0) is 4.79 Å². The SMILES string of the molecule is O=C(Oc1ccc(-c2ccccc2)cc1)C1CC1. The second-order valence-corrected chi connectivity index (χ2v) is 4.59. The van der Waals surface area contributed by atoms with Gasteiger partial charge in [0.15, 0.2) is 0 Å². The van der Waals surface area contributed by atoms with E-state index in [-0.39, 0.29) is 11.9 Å². The van der Waals surface area contributed by atoms with E-state index in [1.807, 2.05) is 42.5 Å². The number of rotatable bonds is 3. The average Bonchev–Trinajstić information content (AvgIpc) is 3.25. The van der Waals surface area contributed by atoms with Crippen molar-refractivity contribution in [1.29, 1.82) is 0 Å². The van der Waals surface area contributed by atoms with Gasteiger partial charge in [-0.25, -0.2) is 0 Å². The third kappa shape index (κ3) is 2.43. The van der Waals surface area contributed by atoms with Crippen molar-refractivity contribution in [1.82, 2.24) is 0 Å². The van der Waals surface area contributed by atoms with Gasteiger partial charge in [-0.15, -0.1) is 0 Å². The monoisotopic (exact) mass is 238 g/mol. The smallest absolute Gasteiger partial charge is 0.314 e. The standard InChI is InChI=1S/C16H14O2/c17-16(14-6-7-14)18-15-10-8-13(9-11-15)12-4-2-1-3-5-12/h1-5,8-11,14H,6-7H2. The van der Waals surface area contributed by atoms with Gasteiger partial charge in [-0.1, -0.05) is 42.5 Å². The van der Waals surface area contributed by atoms with Crippen LogP contribution in [0.25, 0.3) is 11.1 Å². The minimum Gasteiger partial charge on any atom is -0.426 e. The summed E-state index contributed by atoms with van der Waals surface area (Å²) < 4.78 is 5.29. The van der Waals surface area contributed by atoms with Gasteiger partial charge in [0.2, 0.25) is 0 Å². The van der Waals surface area contributed by atoms with E-state index in [0.717, 1.165) is 24.0 Å². The van der Waals surface area contributed by atoms with E-state index in [2.05, 4.69) is 12.1 Å². The molecule has 2 aromatic carbocycles. The van der Waals surface area contributed by atoms with Gasteiger partial charge in [0.25, 0.3) is 0 Å². The Labute approximate surface area is 106 Å². The third-order valence-corrected chi connectivity index (χ3v) is 3.09. The lowest BCUT2D eigenvalue weighted by Crippen LogP contribution is -2.09. The summed E-state index contributed by atoms with van der Waals surface area (Å²) in [5.41, 5.74) is 2.29. The summed E-state index contributed by atoms with van der Waals surface area (Å²) in [5, 5.41) is 0. The maximum absolute atomic E-state index is 11.5. The Balaban J connectivity index is 1.74. The molecule has 0 amide bonds. The highest BCUT2D eigenvalue weighted by molar-refractivity contribution is 5.77. The van der Waals surface area contributed by atoms with Crippen LogP contribution in [0.4, 0.5) is 0 Å². The van der Waals surface area contributed by atoms with Gasteiger partial charge in [0.1, 0.15) is 5.75 Å². The van der Waals surface area contributed by atoms with Crippen LogP contribution in [0.5, 0.6) is 5.75 Å². The van der Waals surface area contributed by atoms with Crippen molar-refractivity contribution in [2.75, 3.05) is 0 Å². The Kier molecular flexibility index (Phi) is 2.85. The second-order valence-electron chi connectivity index (χ2n) is 4.59. The van der Waals surface area contributed by atoms with Crippen molar-refractivity contribution in [3.63, 3.8) is 0 Å². The van der Waals surface area contributed by atoms with Crippen molar-refractivity contribution in [3.8, 4) is 16.9 Å². The number of hydrogen-bond donors (Lipinski definition) is 0. The molecule has 0 aromatic heterocycles. The molecule has 2 nitrogen and oxygen atoms in total. The van der Waals surface area contributed by atoms with E-state index in [1.54, 1.807) is 0 Å². The Morgan fingerprint density at radius 2 is 1.50 bits per heavy atom. The van der Waals surface area contributed by atoms with Crippen LogP contribution < -0.4 is 4.74 Å². The van der Waals surface area contributed by atoms with Crippen molar-refractivity contribution in [2.24, 2.45) is 5.92 Å². The fraction of sp³-hybridized carbons (Fsp3) is 0.188. The van der Waals surface area contributed by atoms with E-state index in [9.17, 15) is 4.79 Å². The molecule has 1 aliphatic carbocycles. The summed E-state index contributed by atoms with van der Waals surface area (Å²) in [5.74, 6) is 0.674. The van der Waals surface area contributed by atoms with Gasteiger partial charge in [0.05, 0.1) is 5.92 Å². The zero-order valence-corrected chi connectivity index (χ0v) is 10.0. The average molecular weight is 238 g/mol. The summed E-state index contributed by atoms with van der Waals surface area (Å²) in [6, 6.07) is 17.8. The predicted octanol–water partition coefficient (Wildman–Crippen LogP) is 3.67.